The first-order valence-corrected chi connectivity index (χ1v) is 9.23. The number of benzene rings is 1. The van der Waals surface area contributed by atoms with E-state index in [0.29, 0.717) is 18.5 Å². The number of carboxylic acid groups (broad SMARTS) is 1. The van der Waals surface area contributed by atoms with E-state index in [0.717, 1.165) is 12.0 Å². The second kappa shape index (κ2) is 6.37. The Labute approximate surface area is 140 Å². The van der Waals surface area contributed by atoms with Crippen LogP contribution in [0.2, 0.25) is 0 Å². The van der Waals surface area contributed by atoms with Crippen LogP contribution in [0.5, 0.6) is 0 Å². The SMILES string of the molecule is CCCn1cnc(S(=O)(=O)N2CCc3c(cccc3C(=O)O)C2)c1. The van der Waals surface area contributed by atoms with Crippen molar-refractivity contribution in [2.24, 2.45) is 0 Å². The van der Waals surface area contributed by atoms with Crippen LogP contribution in [0.4, 0.5) is 0 Å². The number of aromatic carboxylic acids is 1. The molecule has 7 nitrogen and oxygen atoms in total. The van der Waals surface area contributed by atoms with E-state index in [9.17, 15) is 18.3 Å². The summed E-state index contributed by atoms with van der Waals surface area (Å²) in [6.07, 6.45) is 4.34. The van der Waals surface area contributed by atoms with Gasteiger partial charge in [-0.2, -0.15) is 4.31 Å². The van der Waals surface area contributed by atoms with Crippen molar-refractivity contribution in [1.82, 2.24) is 13.9 Å². The molecule has 0 radical (unpaired) electrons. The molecule has 1 aliphatic rings. The Morgan fingerprint density at radius 3 is 2.88 bits per heavy atom. The summed E-state index contributed by atoms with van der Waals surface area (Å²) >= 11 is 0. The normalized spacial score (nSPS) is 15.2. The summed E-state index contributed by atoms with van der Waals surface area (Å²) in [5, 5.41) is 9.29. The van der Waals surface area contributed by atoms with Crippen molar-refractivity contribution in [2.45, 2.75) is 37.9 Å². The van der Waals surface area contributed by atoms with Crippen LogP contribution < -0.4 is 0 Å². The number of sulfonamides is 1. The minimum Gasteiger partial charge on any atom is -0.478 e. The van der Waals surface area contributed by atoms with Crippen molar-refractivity contribution in [3.8, 4) is 0 Å². The summed E-state index contributed by atoms with van der Waals surface area (Å²) in [6, 6.07) is 4.98. The molecule has 3 rings (SSSR count). The highest BCUT2D eigenvalue weighted by atomic mass is 32.2. The zero-order valence-corrected chi connectivity index (χ0v) is 14.2. The number of carbonyl (C=O) groups is 1. The second-order valence-electron chi connectivity index (χ2n) is 5.79. The van der Waals surface area contributed by atoms with Gasteiger partial charge in [0.15, 0.2) is 5.03 Å². The third-order valence-electron chi connectivity index (χ3n) is 4.16. The highest BCUT2D eigenvalue weighted by Crippen LogP contribution is 2.26. The highest BCUT2D eigenvalue weighted by Gasteiger charge is 2.31. The number of fused-ring (bicyclic) bond motifs is 1. The van der Waals surface area contributed by atoms with Gasteiger partial charge in [0.05, 0.1) is 11.9 Å². The Balaban J connectivity index is 1.89. The van der Waals surface area contributed by atoms with E-state index >= 15 is 0 Å². The minimum atomic E-state index is -3.68. The van der Waals surface area contributed by atoms with Gasteiger partial charge >= 0.3 is 5.97 Å². The van der Waals surface area contributed by atoms with Crippen LogP contribution in [-0.2, 0) is 29.5 Å². The average Bonchev–Trinajstić information content (AvgIpc) is 3.03. The van der Waals surface area contributed by atoms with E-state index in [4.69, 9.17) is 0 Å². The van der Waals surface area contributed by atoms with E-state index in [2.05, 4.69) is 4.98 Å². The number of rotatable bonds is 5. The summed E-state index contributed by atoms with van der Waals surface area (Å²) in [7, 11) is -3.68. The van der Waals surface area contributed by atoms with Gasteiger partial charge in [-0.1, -0.05) is 19.1 Å². The molecule has 0 saturated carbocycles. The van der Waals surface area contributed by atoms with E-state index in [1.165, 1.54) is 10.6 Å². The van der Waals surface area contributed by atoms with E-state index in [1.54, 1.807) is 29.0 Å². The van der Waals surface area contributed by atoms with Gasteiger partial charge in [0.25, 0.3) is 10.0 Å². The Morgan fingerprint density at radius 1 is 1.38 bits per heavy atom. The van der Waals surface area contributed by atoms with Crippen LogP contribution >= 0.6 is 0 Å². The smallest absolute Gasteiger partial charge is 0.335 e. The number of nitrogens with zero attached hydrogens (tertiary/aromatic N) is 3. The molecule has 0 bridgehead atoms. The maximum atomic E-state index is 12.8. The molecule has 0 spiro atoms. The van der Waals surface area contributed by atoms with E-state index < -0.39 is 16.0 Å². The Morgan fingerprint density at radius 2 is 2.17 bits per heavy atom. The van der Waals surface area contributed by atoms with Crippen molar-refractivity contribution < 1.29 is 18.3 Å². The quantitative estimate of drug-likeness (QED) is 0.887. The number of imidazole rings is 1. The maximum Gasteiger partial charge on any atom is 0.335 e. The molecule has 24 heavy (non-hydrogen) atoms. The lowest BCUT2D eigenvalue weighted by Gasteiger charge is -2.28. The van der Waals surface area contributed by atoms with Gasteiger partial charge < -0.3 is 9.67 Å². The molecule has 2 heterocycles. The lowest BCUT2D eigenvalue weighted by atomic mass is 9.95. The Bertz CT molecular complexity index is 873. The number of aromatic nitrogens is 2. The predicted molar refractivity (Wildman–Crippen MR) is 87.2 cm³/mol. The van der Waals surface area contributed by atoms with Gasteiger partial charge in [-0.05, 0) is 30.0 Å². The standard InChI is InChI=1S/C16H19N3O4S/c1-2-7-18-10-15(17-11-18)24(22,23)19-8-6-13-12(9-19)4-3-5-14(13)16(20)21/h3-5,10-11H,2,6-9H2,1H3,(H,20,21). The zero-order valence-electron chi connectivity index (χ0n) is 13.3. The van der Waals surface area contributed by atoms with Gasteiger partial charge in [-0.25, -0.2) is 18.2 Å². The van der Waals surface area contributed by atoms with Gasteiger partial charge in [0.1, 0.15) is 0 Å². The van der Waals surface area contributed by atoms with Crippen LogP contribution in [0.1, 0.15) is 34.8 Å². The van der Waals surface area contributed by atoms with E-state index in [-0.39, 0.29) is 23.7 Å². The molecule has 0 fully saturated rings. The first kappa shape index (κ1) is 16.7. The lowest BCUT2D eigenvalue weighted by Crippen LogP contribution is -2.36. The molecule has 8 heteroatoms. The van der Waals surface area contributed by atoms with Crippen molar-refractivity contribution in [2.75, 3.05) is 6.54 Å². The molecule has 2 aromatic rings. The summed E-state index contributed by atoms with van der Waals surface area (Å²) in [5.41, 5.74) is 1.70. The third kappa shape index (κ3) is 2.94. The van der Waals surface area contributed by atoms with Gasteiger partial charge in [0.2, 0.25) is 0 Å². The number of hydrogen-bond acceptors (Lipinski definition) is 4. The zero-order chi connectivity index (χ0) is 17.3. The molecule has 1 aliphatic heterocycles. The molecule has 0 atom stereocenters. The fourth-order valence-electron chi connectivity index (χ4n) is 2.97. The Kier molecular flexibility index (Phi) is 4.42. The number of aryl methyl sites for hydroxylation is 1. The molecule has 0 amide bonds. The van der Waals surface area contributed by atoms with Gasteiger partial charge in [0, 0.05) is 25.8 Å². The van der Waals surface area contributed by atoms with Crippen LogP contribution in [-0.4, -0.2) is 39.9 Å². The van der Waals surface area contributed by atoms with Crippen LogP contribution in [0, 0.1) is 0 Å². The largest absolute Gasteiger partial charge is 0.478 e. The molecule has 128 valence electrons. The molecule has 1 aromatic heterocycles. The summed E-state index contributed by atoms with van der Waals surface area (Å²) in [6.45, 7) is 3.14. The van der Waals surface area contributed by atoms with Crippen molar-refractivity contribution in [3.63, 3.8) is 0 Å². The molecule has 1 aromatic carbocycles. The first-order valence-electron chi connectivity index (χ1n) is 7.79. The monoisotopic (exact) mass is 349 g/mol. The lowest BCUT2D eigenvalue weighted by molar-refractivity contribution is 0.0695. The maximum absolute atomic E-state index is 12.8. The van der Waals surface area contributed by atoms with Crippen molar-refractivity contribution in [3.05, 3.63) is 47.4 Å². The minimum absolute atomic E-state index is 0.0359. The topological polar surface area (TPSA) is 92.5 Å². The van der Waals surface area contributed by atoms with Crippen LogP contribution in [0.3, 0.4) is 0 Å². The highest BCUT2D eigenvalue weighted by molar-refractivity contribution is 7.89. The first-order chi connectivity index (χ1) is 11.4. The van der Waals surface area contributed by atoms with Crippen LogP contribution in [0.15, 0.2) is 35.7 Å². The summed E-state index contributed by atoms with van der Waals surface area (Å²) in [5.74, 6) is -0.985. The van der Waals surface area contributed by atoms with Crippen molar-refractivity contribution >= 4 is 16.0 Å². The molecule has 1 N–H and O–H groups in total. The summed E-state index contributed by atoms with van der Waals surface area (Å²) < 4.78 is 28.7. The molecular formula is C16H19N3O4S. The predicted octanol–water partition coefficient (Wildman–Crippen LogP) is 1.74. The number of hydrogen-bond donors (Lipinski definition) is 1. The fraction of sp³-hybridized carbons (Fsp3) is 0.375. The van der Waals surface area contributed by atoms with Crippen molar-refractivity contribution in [1.29, 1.82) is 0 Å². The molecule has 0 unspecified atom stereocenters. The van der Waals surface area contributed by atoms with E-state index in [1.807, 2.05) is 6.92 Å². The molecule has 0 aliphatic carbocycles. The second-order valence-corrected chi connectivity index (χ2v) is 7.67. The van der Waals surface area contributed by atoms with Gasteiger partial charge in [-0.3, -0.25) is 0 Å². The molecular weight excluding hydrogens is 330 g/mol. The molecule has 0 saturated heterocycles. The Hall–Kier alpha value is -2.19. The fourth-order valence-corrected chi connectivity index (χ4v) is 4.33. The van der Waals surface area contributed by atoms with Gasteiger partial charge in [-0.15, -0.1) is 0 Å². The summed E-state index contributed by atoms with van der Waals surface area (Å²) in [4.78, 5) is 15.3. The number of carboxylic acids is 1. The average molecular weight is 349 g/mol. The third-order valence-corrected chi connectivity index (χ3v) is 5.89. The van der Waals surface area contributed by atoms with Crippen LogP contribution in [0.25, 0.3) is 0 Å².